The third-order valence-electron chi connectivity index (χ3n) is 3.51. The van der Waals surface area contributed by atoms with E-state index >= 15 is 0 Å². The molecule has 25 heavy (non-hydrogen) atoms. The van der Waals surface area contributed by atoms with Gasteiger partial charge in [-0.25, -0.2) is 5.01 Å². The zero-order chi connectivity index (χ0) is 17.8. The lowest BCUT2D eigenvalue weighted by Gasteiger charge is -2.23. The largest absolute Gasteiger partial charge is 0.390 e. The molecule has 7 heteroatoms. The molecule has 0 bridgehead atoms. The van der Waals surface area contributed by atoms with Gasteiger partial charge in [-0.2, -0.15) is 0 Å². The standard InChI is InChI=1S/C18H16N4OS2/c19-16-14(11-15(25-16)12-7-3-1-4-8-12)17(23)21-22(18(20)24)13-9-5-2-6-10-13/h1-11H,19H2,(H2,20,24)(H,21,23). The fraction of sp³-hybridized carbons (Fsp3) is 0. The Bertz CT molecular complexity index is 894. The van der Waals surface area contributed by atoms with Crippen LogP contribution in [0.4, 0.5) is 10.7 Å². The Hall–Kier alpha value is -2.90. The van der Waals surface area contributed by atoms with Crippen LogP contribution in [-0.4, -0.2) is 11.0 Å². The van der Waals surface area contributed by atoms with Crippen LogP contribution in [0, 0.1) is 0 Å². The highest BCUT2D eigenvalue weighted by Crippen LogP contribution is 2.33. The number of rotatable bonds is 3. The second kappa shape index (κ2) is 7.33. The summed E-state index contributed by atoms with van der Waals surface area (Å²) in [5, 5.41) is 1.83. The van der Waals surface area contributed by atoms with Crippen molar-refractivity contribution in [1.82, 2.24) is 5.43 Å². The molecule has 0 aliphatic rings. The molecule has 5 nitrogen and oxygen atoms in total. The molecule has 1 aromatic heterocycles. The molecule has 0 saturated carbocycles. The average Bonchev–Trinajstić information content (AvgIpc) is 3.02. The molecule has 0 atom stereocenters. The minimum atomic E-state index is -0.368. The predicted molar refractivity (Wildman–Crippen MR) is 107 cm³/mol. The van der Waals surface area contributed by atoms with E-state index in [1.54, 1.807) is 18.2 Å². The van der Waals surface area contributed by atoms with E-state index in [-0.39, 0.29) is 11.0 Å². The second-order valence-corrected chi connectivity index (χ2v) is 6.71. The van der Waals surface area contributed by atoms with Gasteiger partial charge in [0.1, 0.15) is 0 Å². The molecule has 3 aromatic rings. The highest BCUT2D eigenvalue weighted by atomic mass is 32.1. The van der Waals surface area contributed by atoms with Crippen LogP contribution >= 0.6 is 23.6 Å². The number of nitrogen functional groups attached to an aromatic ring is 1. The normalized spacial score (nSPS) is 10.2. The molecule has 0 radical (unpaired) electrons. The van der Waals surface area contributed by atoms with Gasteiger partial charge in [0, 0.05) is 4.88 Å². The van der Waals surface area contributed by atoms with E-state index in [0.717, 1.165) is 10.4 Å². The molecule has 126 valence electrons. The van der Waals surface area contributed by atoms with Crippen LogP contribution in [0.5, 0.6) is 0 Å². The molecule has 5 N–H and O–H groups in total. The summed E-state index contributed by atoms with van der Waals surface area (Å²) < 4.78 is 0. The topological polar surface area (TPSA) is 84.4 Å². The van der Waals surface area contributed by atoms with Gasteiger partial charge in [-0.15, -0.1) is 11.3 Å². The number of amides is 1. The smallest absolute Gasteiger partial charge is 0.273 e. The first-order valence-electron chi connectivity index (χ1n) is 7.46. The van der Waals surface area contributed by atoms with E-state index in [2.05, 4.69) is 5.43 Å². The Morgan fingerprint density at radius 3 is 2.24 bits per heavy atom. The Morgan fingerprint density at radius 2 is 1.64 bits per heavy atom. The van der Waals surface area contributed by atoms with Crippen molar-refractivity contribution in [3.63, 3.8) is 0 Å². The van der Waals surface area contributed by atoms with Gasteiger partial charge in [-0.05, 0) is 36.0 Å². The lowest BCUT2D eigenvalue weighted by Crippen LogP contribution is -2.49. The molecule has 0 saturated heterocycles. The number of carbonyl (C=O) groups is 1. The lowest BCUT2D eigenvalue weighted by atomic mass is 10.1. The number of anilines is 2. The number of nitrogens with one attached hydrogen (secondary N) is 1. The van der Waals surface area contributed by atoms with Crippen molar-refractivity contribution in [3.05, 3.63) is 72.3 Å². The van der Waals surface area contributed by atoms with Crippen LogP contribution in [0.2, 0.25) is 0 Å². The van der Waals surface area contributed by atoms with Crippen LogP contribution in [0.15, 0.2) is 66.7 Å². The first kappa shape index (κ1) is 16.9. The third kappa shape index (κ3) is 3.78. The molecular formula is C18H16N4OS2. The van der Waals surface area contributed by atoms with Gasteiger partial charge < -0.3 is 11.5 Å². The number of nitrogens with two attached hydrogens (primary N) is 2. The van der Waals surface area contributed by atoms with Gasteiger partial charge in [0.2, 0.25) is 0 Å². The number of thiophene rings is 1. The van der Waals surface area contributed by atoms with E-state index in [4.69, 9.17) is 23.7 Å². The van der Waals surface area contributed by atoms with E-state index in [1.807, 2.05) is 48.5 Å². The Labute approximate surface area is 154 Å². The molecular weight excluding hydrogens is 352 g/mol. The summed E-state index contributed by atoms with van der Waals surface area (Å²) in [7, 11) is 0. The fourth-order valence-electron chi connectivity index (χ4n) is 2.31. The summed E-state index contributed by atoms with van der Waals surface area (Å²) in [6.45, 7) is 0. The van der Waals surface area contributed by atoms with Crippen molar-refractivity contribution < 1.29 is 4.79 Å². The summed E-state index contributed by atoms with van der Waals surface area (Å²) >= 11 is 6.40. The maximum atomic E-state index is 12.7. The monoisotopic (exact) mass is 368 g/mol. The van der Waals surface area contributed by atoms with Gasteiger partial charge in [0.25, 0.3) is 5.91 Å². The third-order valence-corrected chi connectivity index (χ3v) is 4.71. The lowest BCUT2D eigenvalue weighted by molar-refractivity contribution is 0.0956. The van der Waals surface area contributed by atoms with E-state index in [1.165, 1.54) is 16.3 Å². The number of hydrogen-bond donors (Lipinski definition) is 3. The van der Waals surface area contributed by atoms with Crippen molar-refractivity contribution in [2.24, 2.45) is 5.73 Å². The van der Waals surface area contributed by atoms with Crippen molar-refractivity contribution in [2.45, 2.75) is 0 Å². The Morgan fingerprint density at radius 1 is 1.04 bits per heavy atom. The number of hydrogen-bond acceptors (Lipinski definition) is 4. The summed E-state index contributed by atoms with van der Waals surface area (Å²) in [5.74, 6) is -0.368. The maximum Gasteiger partial charge on any atom is 0.273 e. The summed E-state index contributed by atoms with van der Waals surface area (Å²) in [6, 6.07) is 20.7. The van der Waals surface area contributed by atoms with E-state index in [0.29, 0.717) is 16.3 Å². The number of thiocarbonyl (C=S) groups is 1. The van der Waals surface area contributed by atoms with Gasteiger partial charge in [0.05, 0.1) is 16.3 Å². The van der Waals surface area contributed by atoms with Gasteiger partial charge in [-0.1, -0.05) is 48.5 Å². The molecule has 0 aliphatic heterocycles. The number of benzene rings is 2. The fourth-order valence-corrected chi connectivity index (χ4v) is 3.39. The van der Waals surface area contributed by atoms with Crippen LogP contribution in [0.1, 0.15) is 10.4 Å². The first-order valence-corrected chi connectivity index (χ1v) is 8.69. The average molecular weight is 368 g/mol. The summed E-state index contributed by atoms with van der Waals surface area (Å²) in [6.07, 6.45) is 0. The molecule has 0 unspecified atom stereocenters. The van der Waals surface area contributed by atoms with E-state index < -0.39 is 0 Å². The zero-order valence-corrected chi connectivity index (χ0v) is 14.8. The van der Waals surface area contributed by atoms with Crippen LogP contribution in [-0.2, 0) is 0 Å². The number of nitrogens with zero attached hydrogens (tertiary/aromatic N) is 1. The zero-order valence-electron chi connectivity index (χ0n) is 13.2. The minimum Gasteiger partial charge on any atom is -0.390 e. The van der Waals surface area contributed by atoms with Crippen molar-refractivity contribution in [1.29, 1.82) is 0 Å². The molecule has 0 fully saturated rings. The van der Waals surface area contributed by atoms with Gasteiger partial charge >= 0.3 is 0 Å². The highest BCUT2D eigenvalue weighted by Gasteiger charge is 2.19. The van der Waals surface area contributed by atoms with Crippen LogP contribution in [0.3, 0.4) is 0 Å². The Balaban J connectivity index is 1.86. The summed E-state index contributed by atoms with van der Waals surface area (Å²) in [4.78, 5) is 13.6. The van der Waals surface area contributed by atoms with Crippen molar-refractivity contribution in [3.8, 4) is 10.4 Å². The van der Waals surface area contributed by atoms with Crippen molar-refractivity contribution in [2.75, 3.05) is 10.7 Å². The van der Waals surface area contributed by atoms with Crippen LogP contribution < -0.4 is 21.9 Å². The number of carbonyl (C=O) groups excluding carboxylic acids is 1. The molecule has 2 aromatic carbocycles. The molecule has 3 rings (SSSR count). The first-order chi connectivity index (χ1) is 12.1. The SMILES string of the molecule is NC(=S)N(NC(=O)c1cc(-c2ccccc2)sc1N)c1ccccc1. The van der Waals surface area contributed by atoms with Gasteiger partial charge in [0.15, 0.2) is 5.11 Å². The highest BCUT2D eigenvalue weighted by molar-refractivity contribution is 7.80. The Kier molecular flexibility index (Phi) is 4.97. The molecule has 0 spiro atoms. The van der Waals surface area contributed by atoms with Crippen LogP contribution in [0.25, 0.3) is 10.4 Å². The molecule has 1 amide bonds. The maximum absolute atomic E-state index is 12.7. The number of hydrazine groups is 1. The number of para-hydroxylation sites is 1. The second-order valence-electron chi connectivity index (χ2n) is 5.20. The summed E-state index contributed by atoms with van der Waals surface area (Å²) in [5.41, 5.74) is 16.6. The van der Waals surface area contributed by atoms with Gasteiger partial charge in [-0.3, -0.25) is 10.2 Å². The molecule has 1 heterocycles. The molecule has 0 aliphatic carbocycles. The quantitative estimate of drug-likeness (QED) is 0.487. The van der Waals surface area contributed by atoms with Crippen molar-refractivity contribution >= 4 is 45.3 Å². The minimum absolute atomic E-state index is 0.0385. The predicted octanol–water partition coefficient (Wildman–Crippen LogP) is 3.39. The van der Waals surface area contributed by atoms with E-state index in [9.17, 15) is 4.79 Å².